The van der Waals surface area contributed by atoms with Crippen LogP contribution in [0.5, 0.6) is 28.7 Å². The van der Waals surface area contributed by atoms with Gasteiger partial charge in [0.2, 0.25) is 6.79 Å². The summed E-state index contributed by atoms with van der Waals surface area (Å²) in [5, 5.41) is 32.7. The Morgan fingerprint density at radius 2 is 1.91 bits per heavy atom. The molecule has 2 unspecified atom stereocenters. The number of hydrogen-bond acceptors (Lipinski definition) is 13. The molecule has 2 aromatic rings. The summed E-state index contributed by atoms with van der Waals surface area (Å²) in [6.45, 7) is 4.77. The van der Waals surface area contributed by atoms with Crippen LogP contribution in [0.2, 0.25) is 0 Å². The number of phenolic OH excluding ortho intramolecular Hbond substituents is 1. The summed E-state index contributed by atoms with van der Waals surface area (Å²) in [5.41, 5.74) is 4.30. The first kappa shape index (κ1) is 29.0. The second-order valence-electron chi connectivity index (χ2n) is 11.9. The molecule has 7 atom stereocenters. The van der Waals surface area contributed by atoms with Gasteiger partial charge in [-0.3, -0.25) is 14.6 Å². The molecule has 0 spiro atoms. The Morgan fingerprint density at radius 1 is 1.16 bits per heavy atom. The molecule has 0 aromatic heterocycles. The molecule has 7 rings (SSSR count). The van der Waals surface area contributed by atoms with Crippen LogP contribution in [0.1, 0.15) is 57.6 Å². The van der Waals surface area contributed by atoms with E-state index in [1.807, 2.05) is 20.0 Å². The van der Waals surface area contributed by atoms with Crippen LogP contribution >= 0.6 is 11.8 Å². The molecular weight excluding hydrogens is 590 g/mol. The first-order valence-electron chi connectivity index (χ1n) is 14.5. The predicted molar refractivity (Wildman–Crippen MR) is 156 cm³/mol. The highest BCUT2D eigenvalue weighted by Gasteiger charge is 2.60. The van der Waals surface area contributed by atoms with E-state index in [1.165, 1.54) is 25.8 Å². The monoisotopic (exact) mass is 623 g/mol. The van der Waals surface area contributed by atoms with Crippen LogP contribution in [0.15, 0.2) is 6.07 Å². The van der Waals surface area contributed by atoms with Crippen molar-refractivity contribution in [1.29, 1.82) is 5.26 Å². The first-order chi connectivity index (χ1) is 21.1. The van der Waals surface area contributed by atoms with E-state index >= 15 is 0 Å². The molecule has 13 heteroatoms. The van der Waals surface area contributed by atoms with Gasteiger partial charge >= 0.3 is 11.9 Å². The minimum atomic E-state index is -1.39. The van der Waals surface area contributed by atoms with E-state index in [0.29, 0.717) is 51.7 Å². The number of fused-ring (bicyclic) bond motifs is 9. The average Bonchev–Trinajstić information content (AvgIpc) is 3.47. The number of phenols is 1. The number of nitrogens with zero attached hydrogens (tertiary/aromatic N) is 3. The van der Waals surface area contributed by atoms with Crippen molar-refractivity contribution in [3.05, 3.63) is 39.4 Å². The molecule has 4 bridgehead atoms. The maximum absolute atomic E-state index is 12.8. The normalized spacial score (nSPS) is 30.4. The molecule has 2 fully saturated rings. The van der Waals surface area contributed by atoms with Crippen LogP contribution in [0.25, 0.3) is 0 Å². The predicted octanol–water partition coefficient (Wildman–Crippen LogP) is 2.59. The number of hydrogen-bond donors (Lipinski definition) is 2. The van der Waals surface area contributed by atoms with Gasteiger partial charge in [0, 0.05) is 47.0 Å². The van der Waals surface area contributed by atoms with Gasteiger partial charge in [0.15, 0.2) is 29.1 Å². The van der Waals surface area contributed by atoms with E-state index in [-0.39, 0.29) is 30.9 Å². The van der Waals surface area contributed by atoms with E-state index in [1.54, 1.807) is 6.92 Å². The Bertz CT molecular complexity index is 1640. The minimum Gasteiger partial charge on any atom is -0.504 e. The maximum Gasteiger partial charge on any atom is 0.335 e. The smallest absolute Gasteiger partial charge is 0.335 e. The lowest BCUT2D eigenvalue weighted by molar-refractivity contribution is -0.157. The highest BCUT2D eigenvalue weighted by atomic mass is 32.2. The Labute approximate surface area is 258 Å². The maximum atomic E-state index is 12.8. The zero-order chi connectivity index (χ0) is 31.2. The number of ether oxygens (including phenoxy) is 5. The highest BCUT2D eigenvalue weighted by molar-refractivity contribution is 7.99. The molecule has 0 aliphatic carbocycles. The number of carbonyl (C=O) groups excluding carboxylic acids is 2. The van der Waals surface area contributed by atoms with Gasteiger partial charge in [0.1, 0.15) is 18.4 Å². The fraction of sp³-hybridized carbons (Fsp3) is 0.516. The third-order valence-corrected chi connectivity index (χ3v) is 11.0. The molecule has 2 aromatic carbocycles. The third kappa shape index (κ3) is 3.94. The molecule has 5 heterocycles. The number of nitriles is 1. The van der Waals surface area contributed by atoms with Crippen molar-refractivity contribution >= 4 is 23.7 Å². The van der Waals surface area contributed by atoms with Crippen molar-refractivity contribution in [2.24, 2.45) is 0 Å². The molecule has 232 valence electrons. The van der Waals surface area contributed by atoms with Gasteiger partial charge in [-0.05, 0) is 38.4 Å². The van der Waals surface area contributed by atoms with E-state index in [0.717, 1.165) is 11.1 Å². The lowest BCUT2D eigenvalue weighted by atomic mass is 9.71. The number of thioether (sulfide) groups is 1. The van der Waals surface area contributed by atoms with Crippen molar-refractivity contribution in [2.45, 2.75) is 68.8 Å². The first-order valence-corrected chi connectivity index (χ1v) is 15.5. The lowest BCUT2D eigenvalue weighted by Crippen LogP contribution is -2.69. The highest BCUT2D eigenvalue weighted by Crippen LogP contribution is 2.64. The number of aliphatic hydroxyl groups excluding tert-OH is 1. The fourth-order valence-electron chi connectivity index (χ4n) is 7.96. The van der Waals surface area contributed by atoms with E-state index in [9.17, 15) is 25.1 Å². The number of benzene rings is 2. The van der Waals surface area contributed by atoms with Gasteiger partial charge in [-0.2, -0.15) is 5.26 Å². The molecular formula is C31H33N3O9S. The van der Waals surface area contributed by atoms with E-state index in [2.05, 4.69) is 15.9 Å². The third-order valence-electron chi connectivity index (χ3n) is 9.64. The summed E-state index contributed by atoms with van der Waals surface area (Å²) in [4.78, 5) is 29.6. The number of aryl methyl sites for hydroxylation is 1. The molecule has 5 aliphatic rings. The van der Waals surface area contributed by atoms with Crippen molar-refractivity contribution in [3.8, 4) is 34.8 Å². The number of esters is 2. The van der Waals surface area contributed by atoms with E-state index < -0.39 is 47.5 Å². The van der Waals surface area contributed by atoms with Gasteiger partial charge in [-0.25, -0.2) is 4.79 Å². The van der Waals surface area contributed by atoms with Gasteiger partial charge in [-0.15, -0.1) is 11.8 Å². The number of rotatable bonds is 2. The molecule has 0 amide bonds. The van der Waals surface area contributed by atoms with Crippen LogP contribution < -0.4 is 18.9 Å². The van der Waals surface area contributed by atoms with Crippen molar-refractivity contribution < 1.29 is 43.5 Å². The van der Waals surface area contributed by atoms with Crippen LogP contribution in [0.3, 0.4) is 0 Å². The number of cyclic esters (lactones) is 1. The SMILES string of the molecule is COc1c(C)cc2c(c1O)[C@@H]1C3[C@@H]4SCC(O)C(=O)OC[C@@H](c5c6c(c(C)c(OC(C)=O)c54)OCO6)N3[C@@H](C#N)[C@H](C2)N1C. The molecule has 12 nitrogen and oxygen atoms in total. The van der Waals surface area contributed by atoms with Crippen LogP contribution in [0, 0.1) is 25.2 Å². The molecule has 2 N–H and O–H groups in total. The van der Waals surface area contributed by atoms with Crippen molar-refractivity contribution in [1.82, 2.24) is 9.80 Å². The molecule has 2 saturated heterocycles. The van der Waals surface area contributed by atoms with Crippen LogP contribution in [-0.4, -0.2) is 89.5 Å². The van der Waals surface area contributed by atoms with Gasteiger partial charge < -0.3 is 33.9 Å². The largest absolute Gasteiger partial charge is 0.504 e. The Balaban J connectivity index is 1.56. The summed E-state index contributed by atoms with van der Waals surface area (Å²) in [5.74, 6) is 0.343. The molecule has 0 saturated carbocycles. The number of likely N-dealkylation sites (N-methyl/N-ethyl adjacent to an activating group) is 1. The topological polar surface area (TPSA) is 151 Å². The summed E-state index contributed by atoms with van der Waals surface area (Å²) < 4.78 is 29.2. The van der Waals surface area contributed by atoms with Gasteiger partial charge in [-0.1, -0.05) is 6.07 Å². The van der Waals surface area contributed by atoms with Gasteiger partial charge in [0.05, 0.1) is 30.5 Å². The second-order valence-corrected chi connectivity index (χ2v) is 13.1. The zero-order valence-electron chi connectivity index (χ0n) is 24.9. The summed E-state index contributed by atoms with van der Waals surface area (Å²) in [6.07, 6.45) is -0.887. The average molecular weight is 624 g/mol. The Kier molecular flexibility index (Phi) is 6.89. The number of aliphatic hydroxyl groups is 1. The Hall–Kier alpha value is -3.70. The number of aromatic hydroxyl groups is 1. The second kappa shape index (κ2) is 10.4. The molecule has 0 radical (unpaired) electrons. The summed E-state index contributed by atoms with van der Waals surface area (Å²) in [6, 6.07) is 2.00. The fourth-order valence-corrected chi connectivity index (χ4v) is 9.37. The van der Waals surface area contributed by atoms with Crippen molar-refractivity contribution in [3.63, 3.8) is 0 Å². The van der Waals surface area contributed by atoms with E-state index in [4.69, 9.17) is 23.7 Å². The van der Waals surface area contributed by atoms with Crippen LogP contribution in [0.4, 0.5) is 0 Å². The lowest BCUT2D eigenvalue weighted by Gasteiger charge is -2.61. The number of piperazine rings is 1. The van der Waals surface area contributed by atoms with Crippen molar-refractivity contribution in [2.75, 3.05) is 33.3 Å². The zero-order valence-corrected chi connectivity index (χ0v) is 25.8. The quantitative estimate of drug-likeness (QED) is 0.373. The number of carbonyl (C=O) groups is 2. The summed E-state index contributed by atoms with van der Waals surface area (Å²) >= 11 is 1.32. The molecule has 44 heavy (non-hydrogen) atoms. The standard InChI is InChI=1S/C31H33N3O9S/c1-12-6-15-7-16-17(8-32)34-18-9-40-31(38)19(36)10-44-30(24(34)23(33(16)4)20(15)25(37)26(12)39-5)22-21(18)29-28(41-11-42-29)13(2)27(22)43-14(3)35/h6,16-19,23-24,30,36-37H,7,9-11H2,1-5H3/t16-,17-,18-,19?,23+,24?,30+/m0/s1. The van der Waals surface area contributed by atoms with Crippen LogP contribution in [-0.2, 0) is 20.7 Å². The Morgan fingerprint density at radius 3 is 2.61 bits per heavy atom. The minimum absolute atomic E-state index is 0.0158. The van der Waals surface area contributed by atoms with Gasteiger partial charge in [0.25, 0.3) is 0 Å². The molecule has 5 aliphatic heterocycles. The number of methoxy groups -OCH3 is 1. The summed E-state index contributed by atoms with van der Waals surface area (Å²) in [7, 11) is 3.48.